The van der Waals surface area contributed by atoms with Crippen molar-refractivity contribution in [2.24, 2.45) is 0 Å². The molecule has 0 atom stereocenters. The first-order valence-electron chi connectivity index (χ1n) is 9.24. The lowest BCUT2D eigenvalue weighted by molar-refractivity contribution is 0.589. The first kappa shape index (κ1) is 2.51. The van der Waals surface area contributed by atoms with Gasteiger partial charge >= 0.3 is 0 Å². The molecule has 13 heavy (non-hydrogen) atoms. The van der Waals surface area contributed by atoms with Crippen molar-refractivity contribution in [1.82, 2.24) is 5.32 Å². The highest BCUT2D eigenvalue weighted by atomic mass is 15.2. The number of benzene rings is 1. The van der Waals surface area contributed by atoms with Gasteiger partial charge in [-0.25, -0.2) is 0 Å². The quantitative estimate of drug-likeness (QED) is 0.715. The summed E-state index contributed by atoms with van der Waals surface area (Å²) in [5.74, 6) is 0. The standard InChI is InChI=1S/C11H16N2/c1-10-2-4-11(5-3-10)13-8-6-12-7-9-13/h2-5,12H,6-9H2,1H3/i1D3,6D2,7D2,8D2,9D2. The summed E-state index contributed by atoms with van der Waals surface area (Å²) in [5, 5.41) is 1.73. The summed E-state index contributed by atoms with van der Waals surface area (Å²) in [6.45, 7) is -14.1. The molecule has 1 aromatic carbocycles. The van der Waals surface area contributed by atoms with Crippen LogP contribution in [0.2, 0.25) is 0 Å². The lowest BCUT2D eigenvalue weighted by Crippen LogP contribution is -2.43. The van der Waals surface area contributed by atoms with Crippen LogP contribution >= 0.6 is 0 Å². The van der Waals surface area contributed by atoms with Gasteiger partial charge in [-0.05, 0) is 19.0 Å². The molecule has 1 heterocycles. The molecule has 0 saturated carbocycles. The monoisotopic (exact) mass is 187 g/mol. The Morgan fingerprint density at radius 1 is 1.31 bits per heavy atom. The molecule has 70 valence electrons. The van der Waals surface area contributed by atoms with Crippen molar-refractivity contribution in [2.75, 3.05) is 30.9 Å². The van der Waals surface area contributed by atoms with Gasteiger partial charge in [-0.2, -0.15) is 0 Å². The van der Waals surface area contributed by atoms with Crippen LogP contribution in [0.5, 0.6) is 0 Å². The van der Waals surface area contributed by atoms with Gasteiger partial charge in [-0.3, -0.25) is 0 Å². The molecule has 0 radical (unpaired) electrons. The maximum absolute atomic E-state index is 7.97. The number of anilines is 1. The van der Waals surface area contributed by atoms with Crippen LogP contribution < -0.4 is 10.2 Å². The summed E-state index contributed by atoms with van der Waals surface area (Å²) in [7, 11) is 0. The lowest BCUT2D eigenvalue weighted by atomic mass is 10.2. The van der Waals surface area contributed by atoms with Gasteiger partial charge in [0.05, 0.1) is 5.48 Å². The highest BCUT2D eigenvalue weighted by molar-refractivity contribution is 5.47. The van der Waals surface area contributed by atoms with Crippen molar-refractivity contribution < 1.29 is 15.1 Å². The largest absolute Gasteiger partial charge is 0.369 e. The van der Waals surface area contributed by atoms with E-state index >= 15 is 0 Å². The van der Waals surface area contributed by atoms with Gasteiger partial charge in [-0.1, -0.05) is 17.7 Å². The zero-order chi connectivity index (χ0) is 18.8. The van der Waals surface area contributed by atoms with E-state index in [4.69, 9.17) is 15.1 Å². The van der Waals surface area contributed by atoms with Crippen molar-refractivity contribution >= 4 is 5.69 Å². The van der Waals surface area contributed by atoms with Crippen molar-refractivity contribution in [1.29, 1.82) is 0 Å². The normalized spacial score (nSPS) is 46.5. The number of nitrogens with one attached hydrogen (secondary N) is 1. The highest BCUT2D eigenvalue weighted by Crippen LogP contribution is 2.14. The topological polar surface area (TPSA) is 15.3 Å². The van der Waals surface area contributed by atoms with Crippen LogP contribution in [0.4, 0.5) is 5.69 Å². The maximum atomic E-state index is 7.97. The summed E-state index contributed by atoms with van der Waals surface area (Å²) in [5.41, 5.74) is -0.222. The average Bonchev–Trinajstić information content (AvgIpc) is 2.34. The summed E-state index contributed by atoms with van der Waals surface area (Å²) in [4.78, 5) is 0.361. The van der Waals surface area contributed by atoms with Gasteiger partial charge in [-0.15, -0.1) is 0 Å². The molecule has 2 heteroatoms. The third kappa shape index (κ3) is 2.01. The van der Waals surface area contributed by atoms with Crippen LogP contribution in [0.1, 0.15) is 20.6 Å². The molecule has 0 spiro atoms. The first-order chi connectivity index (χ1) is 10.5. The molecule has 0 aromatic heterocycles. The molecule has 0 bridgehead atoms. The fourth-order valence-corrected chi connectivity index (χ4v) is 0.967. The van der Waals surface area contributed by atoms with Crippen LogP contribution in [-0.2, 0) is 0 Å². The zero-order valence-corrected chi connectivity index (χ0v) is 6.76. The number of hydrogen-bond donors (Lipinski definition) is 1. The fraction of sp³-hybridized carbons (Fsp3) is 0.455. The molecule has 0 unspecified atom stereocenters. The second-order valence-electron chi connectivity index (χ2n) is 2.48. The average molecular weight is 187 g/mol. The Hall–Kier alpha value is -1.02. The summed E-state index contributed by atoms with van der Waals surface area (Å²) in [6.07, 6.45) is 0. The number of nitrogens with zero attached hydrogens (tertiary/aromatic N) is 1. The molecular formula is C11H16N2. The molecule has 2 rings (SSSR count). The van der Waals surface area contributed by atoms with Crippen molar-refractivity contribution in [3.8, 4) is 0 Å². The van der Waals surface area contributed by atoms with Gasteiger partial charge < -0.3 is 10.2 Å². The molecule has 1 aliphatic heterocycles. The Labute approximate surface area is 95.0 Å². The number of piperazine rings is 1. The summed E-state index contributed by atoms with van der Waals surface area (Å²) >= 11 is 0. The van der Waals surface area contributed by atoms with Crippen LogP contribution in [-0.4, -0.2) is 26.0 Å². The molecular weight excluding hydrogens is 160 g/mol. The van der Waals surface area contributed by atoms with Gasteiger partial charge in [0.2, 0.25) is 0 Å². The molecule has 1 saturated heterocycles. The molecule has 2 nitrogen and oxygen atoms in total. The van der Waals surface area contributed by atoms with E-state index in [0.29, 0.717) is 4.90 Å². The van der Waals surface area contributed by atoms with E-state index in [1.807, 2.05) is 0 Å². The Morgan fingerprint density at radius 3 is 2.62 bits per heavy atom. The Kier molecular flexibility index (Phi) is 0.733. The first-order valence-corrected chi connectivity index (χ1v) is 3.74. The SMILES string of the molecule is [2H]C([2H])([2H])c1ccc(N2C([2H])([2H])C([2H])([2H])NC([2H])([2H])C2([2H])[2H])cc1. The van der Waals surface area contributed by atoms with E-state index in [-0.39, 0.29) is 11.3 Å². The van der Waals surface area contributed by atoms with Crippen LogP contribution in [0.25, 0.3) is 0 Å². The van der Waals surface area contributed by atoms with E-state index in [2.05, 4.69) is 0 Å². The molecule has 0 amide bonds. The Morgan fingerprint density at radius 2 is 2.00 bits per heavy atom. The van der Waals surface area contributed by atoms with E-state index in [9.17, 15) is 0 Å². The number of rotatable bonds is 1. The predicted molar refractivity (Wildman–Crippen MR) is 56.3 cm³/mol. The van der Waals surface area contributed by atoms with Crippen molar-refractivity contribution in [3.63, 3.8) is 0 Å². The maximum Gasteiger partial charge on any atom is 0.0506 e. The highest BCUT2D eigenvalue weighted by Gasteiger charge is 2.08. The minimum Gasteiger partial charge on any atom is -0.369 e. The third-order valence-corrected chi connectivity index (χ3v) is 1.59. The molecule has 0 aliphatic carbocycles. The van der Waals surface area contributed by atoms with Crippen molar-refractivity contribution in [3.05, 3.63) is 29.8 Å². The smallest absolute Gasteiger partial charge is 0.0506 e. The number of hydrogen-bond acceptors (Lipinski definition) is 2. The molecule has 1 aromatic rings. The summed E-state index contributed by atoms with van der Waals surface area (Å²) in [6, 6.07) is 4.58. The Balaban J connectivity index is 2.59. The molecule has 1 aliphatic rings. The van der Waals surface area contributed by atoms with Crippen LogP contribution in [0, 0.1) is 6.85 Å². The lowest BCUT2D eigenvalue weighted by Gasteiger charge is -2.29. The van der Waals surface area contributed by atoms with Crippen LogP contribution in [0.15, 0.2) is 24.3 Å². The minimum absolute atomic E-state index is 0.0477. The second kappa shape index (κ2) is 3.79. The van der Waals surface area contributed by atoms with Gasteiger partial charge in [0.15, 0.2) is 0 Å². The van der Waals surface area contributed by atoms with Gasteiger partial charge in [0.25, 0.3) is 0 Å². The summed E-state index contributed by atoms with van der Waals surface area (Å²) < 4.78 is 84.7. The Bertz CT molecular complexity index is 594. The molecule has 1 N–H and O–H groups in total. The van der Waals surface area contributed by atoms with E-state index in [0.717, 1.165) is 24.3 Å². The zero-order valence-electron chi connectivity index (χ0n) is 17.8. The predicted octanol–water partition coefficient (Wildman–Crippen LogP) is 1.40. The number of aryl methyl sites for hydroxylation is 1. The van der Waals surface area contributed by atoms with Gasteiger partial charge in [0, 0.05) is 41.3 Å². The van der Waals surface area contributed by atoms with E-state index < -0.39 is 32.8 Å². The third-order valence-electron chi connectivity index (χ3n) is 1.59. The van der Waals surface area contributed by atoms with Crippen molar-refractivity contribution in [2.45, 2.75) is 6.85 Å². The van der Waals surface area contributed by atoms with E-state index in [1.54, 1.807) is 5.32 Å². The van der Waals surface area contributed by atoms with E-state index in [1.165, 1.54) is 0 Å². The van der Waals surface area contributed by atoms with Crippen LogP contribution in [0.3, 0.4) is 0 Å². The van der Waals surface area contributed by atoms with Gasteiger partial charge in [0.1, 0.15) is 0 Å². The fourth-order valence-electron chi connectivity index (χ4n) is 0.967. The second-order valence-corrected chi connectivity index (χ2v) is 2.48. The molecule has 1 fully saturated rings. The minimum atomic E-state index is -2.94.